The van der Waals surface area contributed by atoms with Gasteiger partial charge in [-0.25, -0.2) is 0 Å². The lowest BCUT2D eigenvalue weighted by Gasteiger charge is -1.98. The predicted molar refractivity (Wildman–Crippen MR) is 26.5 cm³/mol. The molecule has 0 aliphatic heterocycles. The van der Waals surface area contributed by atoms with Crippen molar-refractivity contribution in [2.75, 3.05) is 7.11 Å². The molecule has 1 N–H and O–H groups in total. The average Bonchev–Trinajstić information content (AvgIpc) is 1.83. The molecule has 4 nitrogen and oxygen atoms in total. The third-order valence-corrected chi connectivity index (χ3v) is 0.528. The molecule has 4 heteroatoms. The summed E-state index contributed by atoms with van der Waals surface area (Å²) in [6.45, 7) is 1.69. The first-order valence-corrected chi connectivity index (χ1v) is 2.29. The van der Waals surface area contributed by atoms with Crippen molar-refractivity contribution in [3.63, 3.8) is 0 Å². The van der Waals surface area contributed by atoms with Crippen LogP contribution in [0.25, 0.3) is 0 Å². The minimum absolute atomic E-state index is 0.341. The third-order valence-electron chi connectivity index (χ3n) is 0.528. The largest absolute Gasteiger partial charge is 0.345 e. The van der Waals surface area contributed by atoms with E-state index in [4.69, 9.17) is 0 Å². The van der Waals surface area contributed by atoms with Crippen LogP contribution in [0.15, 0.2) is 0 Å². The van der Waals surface area contributed by atoms with Crippen molar-refractivity contribution in [1.82, 2.24) is 5.64 Å². The van der Waals surface area contributed by atoms with E-state index in [9.17, 15) is 4.79 Å². The van der Waals surface area contributed by atoms with Gasteiger partial charge >= 0.3 is 5.97 Å². The van der Waals surface area contributed by atoms with Gasteiger partial charge in [-0.05, 0) is 5.64 Å². The molecule has 0 saturated carbocycles. The molecule has 0 unspecified atom stereocenters. The number of carbonyl (C=O) groups is 1. The molecule has 8 heavy (non-hydrogen) atoms. The van der Waals surface area contributed by atoms with Crippen molar-refractivity contribution in [2.24, 2.45) is 0 Å². The molecule has 0 bridgehead atoms. The molecular weight excluding hydrogens is 110 g/mol. The molecule has 0 aromatic carbocycles. The van der Waals surface area contributed by atoms with Crippen LogP contribution < -0.4 is 5.64 Å². The van der Waals surface area contributed by atoms with Gasteiger partial charge in [0.2, 0.25) is 0 Å². The van der Waals surface area contributed by atoms with Crippen LogP contribution in [-0.4, -0.2) is 13.1 Å². The van der Waals surface area contributed by atoms with Crippen LogP contribution in [0.3, 0.4) is 0 Å². The second kappa shape index (κ2) is 4.55. The first-order chi connectivity index (χ1) is 3.81. The zero-order valence-electron chi connectivity index (χ0n) is 4.93. The van der Waals surface area contributed by atoms with Gasteiger partial charge in [-0.2, -0.15) is 0 Å². The Balaban J connectivity index is 2.99. The van der Waals surface area contributed by atoms with Crippen molar-refractivity contribution in [3.05, 3.63) is 0 Å². The van der Waals surface area contributed by atoms with Gasteiger partial charge in [-0.1, -0.05) is 6.92 Å². The molecule has 0 amide bonds. The molecule has 0 aliphatic rings. The number of hydrogen-bond donors (Lipinski definition) is 1. The molecule has 0 heterocycles. The standard InChI is InChI=1S/C4H9NO3/c1-3-4(6)8-5-7-2/h5H,3H2,1-2H3. The first kappa shape index (κ1) is 7.39. The van der Waals surface area contributed by atoms with E-state index < -0.39 is 0 Å². The van der Waals surface area contributed by atoms with E-state index >= 15 is 0 Å². The Hall–Kier alpha value is -0.610. The smallest absolute Gasteiger partial charge is 0.327 e. The van der Waals surface area contributed by atoms with Gasteiger partial charge in [0.25, 0.3) is 0 Å². The summed E-state index contributed by atoms with van der Waals surface area (Å²) < 4.78 is 0. The summed E-state index contributed by atoms with van der Waals surface area (Å²) in [5.41, 5.74) is 1.95. The Morgan fingerprint density at radius 1 is 1.75 bits per heavy atom. The molecule has 0 aromatic rings. The van der Waals surface area contributed by atoms with E-state index in [2.05, 4.69) is 9.68 Å². The van der Waals surface area contributed by atoms with Crippen molar-refractivity contribution in [3.8, 4) is 0 Å². The van der Waals surface area contributed by atoms with Gasteiger partial charge in [0.1, 0.15) is 0 Å². The minimum atomic E-state index is -0.341. The highest BCUT2D eigenvalue weighted by Gasteiger charge is 1.93. The Bertz CT molecular complexity index is 73.7. The van der Waals surface area contributed by atoms with Gasteiger partial charge in [-0.15, -0.1) is 0 Å². The van der Waals surface area contributed by atoms with E-state index in [1.807, 2.05) is 5.64 Å². The summed E-state index contributed by atoms with van der Waals surface area (Å²) in [4.78, 5) is 18.7. The van der Waals surface area contributed by atoms with E-state index in [1.54, 1.807) is 6.92 Å². The van der Waals surface area contributed by atoms with Crippen molar-refractivity contribution in [1.29, 1.82) is 0 Å². The Labute approximate surface area is 47.7 Å². The maximum absolute atomic E-state index is 10.2. The number of hydrogen-bond acceptors (Lipinski definition) is 4. The molecule has 0 atom stereocenters. The van der Waals surface area contributed by atoms with Crippen LogP contribution >= 0.6 is 0 Å². The van der Waals surface area contributed by atoms with Crippen LogP contribution in [0.5, 0.6) is 0 Å². The quantitative estimate of drug-likeness (QED) is 0.531. The lowest BCUT2D eigenvalue weighted by atomic mass is 10.5. The molecule has 0 aliphatic carbocycles. The van der Waals surface area contributed by atoms with Crippen molar-refractivity contribution < 1.29 is 14.5 Å². The first-order valence-electron chi connectivity index (χ1n) is 2.29. The fraction of sp³-hybridized carbons (Fsp3) is 0.750. The summed E-state index contributed by atoms with van der Waals surface area (Å²) in [5, 5.41) is 0. The number of nitrogens with one attached hydrogen (secondary N) is 1. The molecule has 0 saturated heterocycles. The number of rotatable bonds is 3. The van der Waals surface area contributed by atoms with E-state index in [1.165, 1.54) is 7.11 Å². The molecule has 0 radical (unpaired) electrons. The molecular formula is C4H9NO3. The van der Waals surface area contributed by atoms with E-state index in [0.717, 1.165) is 0 Å². The zero-order chi connectivity index (χ0) is 6.41. The van der Waals surface area contributed by atoms with Gasteiger partial charge < -0.3 is 4.84 Å². The van der Waals surface area contributed by atoms with E-state index in [-0.39, 0.29) is 5.97 Å². The highest BCUT2D eigenvalue weighted by atomic mass is 16.9. The van der Waals surface area contributed by atoms with Gasteiger partial charge in [-0.3, -0.25) is 9.63 Å². The van der Waals surface area contributed by atoms with Crippen molar-refractivity contribution in [2.45, 2.75) is 13.3 Å². The monoisotopic (exact) mass is 119 g/mol. The predicted octanol–water partition coefficient (Wildman–Crippen LogP) is 0.00560. The topological polar surface area (TPSA) is 47.6 Å². The van der Waals surface area contributed by atoms with E-state index in [0.29, 0.717) is 6.42 Å². The molecule has 0 rings (SSSR count). The summed E-state index contributed by atoms with van der Waals surface area (Å²) >= 11 is 0. The third kappa shape index (κ3) is 3.58. The lowest BCUT2D eigenvalue weighted by Crippen LogP contribution is -2.17. The van der Waals surface area contributed by atoms with Gasteiger partial charge in [0.05, 0.1) is 7.11 Å². The molecule has 0 aromatic heterocycles. The Morgan fingerprint density at radius 2 is 2.38 bits per heavy atom. The van der Waals surface area contributed by atoms with Crippen LogP contribution in [0.2, 0.25) is 0 Å². The Morgan fingerprint density at radius 3 is 2.75 bits per heavy atom. The van der Waals surface area contributed by atoms with Gasteiger partial charge in [0, 0.05) is 6.42 Å². The lowest BCUT2D eigenvalue weighted by molar-refractivity contribution is -0.183. The van der Waals surface area contributed by atoms with Gasteiger partial charge in [0.15, 0.2) is 0 Å². The fourth-order valence-corrected chi connectivity index (χ4v) is 0.160. The summed E-state index contributed by atoms with van der Waals surface area (Å²) in [6.07, 6.45) is 0.344. The SMILES string of the molecule is CCC(=O)ONOC. The highest BCUT2D eigenvalue weighted by Crippen LogP contribution is 1.77. The zero-order valence-corrected chi connectivity index (χ0v) is 4.93. The maximum Gasteiger partial charge on any atom is 0.327 e. The molecule has 0 spiro atoms. The second-order valence-electron chi connectivity index (χ2n) is 1.12. The highest BCUT2D eigenvalue weighted by molar-refractivity contribution is 5.68. The number of carbonyl (C=O) groups excluding carboxylic acids is 1. The minimum Gasteiger partial charge on any atom is -0.345 e. The molecule has 48 valence electrons. The van der Waals surface area contributed by atoms with Crippen LogP contribution in [0.1, 0.15) is 13.3 Å². The molecule has 0 fully saturated rings. The van der Waals surface area contributed by atoms with Crippen LogP contribution in [0, 0.1) is 0 Å². The summed E-state index contributed by atoms with van der Waals surface area (Å²) in [7, 11) is 1.36. The summed E-state index contributed by atoms with van der Waals surface area (Å²) in [5.74, 6) is -0.341. The fourth-order valence-electron chi connectivity index (χ4n) is 0.160. The Kier molecular flexibility index (Phi) is 4.20. The maximum atomic E-state index is 10.2. The normalized spacial score (nSPS) is 8.75. The van der Waals surface area contributed by atoms with Crippen LogP contribution in [-0.2, 0) is 14.5 Å². The van der Waals surface area contributed by atoms with Crippen molar-refractivity contribution >= 4 is 5.97 Å². The van der Waals surface area contributed by atoms with Crippen LogP contribution in [0.4, 0.5) is 0 Å². The second-order valence-corrected chi connectivity index (χ2v) is 1.12. The summed E-state index contributed by atoms with van der Waals surface area (Å²) in [6, 6.07) is 0. The average molecular weight is 119 g/mol.